The van der Waals surface area contributed by atoms with E-state index in [1.807, 2.05) is 0 Å². The van der Waals surface area contributed by atoms with E-state index in [4.69, 9.17) is 5.11 Å². The van der Waals surface area contributed by atoms with Crippen LogP contribution in [0.5, 0.6) is 0 Å². The SMILES string of the molecule is CNC(=O)C(C)(CO)NCC(C)C. The summed E-state index contributed by atoms with van der Waals surface area (Å²) in [5, 5.41) is 14.6. The molecule has 0 bridgehead atoms. The minimum Gasteiger partial charge on any atom is -0.394 e. The number of aliphatic hydroxyl groups excluding tert-OH is 1. The minimum absolute atomic E-state index is 0.185. The Balaban J connectivity index is 4.19. The van der Waals surface area contributed by atoms with Gasteiger partial charge in [-0.05, 0) is 19.4 Å². The zero-order chi connectivity index (χ0) is 10.5. The molecule has 0 aliphatic heterocycles. The van der Waals surface area contributed by atoms with Gasteiger partial charge in [-0.25, -0.2) is 0 Å². The summed E-state index contributed by atoms with van der Waals surface area (Å²) in [6.45, 7) is 6.31. The van der Waals surface area contributed by atoms with Crippen LogP contribution in [0.4, 0.5) is 0 Å². The second-order valence-corrected chi connectivity index (χ2v) is 3.84. The van der Waals surface area contributed by atoms with Gasteiger partial charge in [-0.2, -0.15) is 0 Å². The third-order valence-corrected chi connectivity index (χ3v) is 1.94. The van der Waals surface area contributed by atoms with E-state index in [0.29, 0.717) is 12.5 Å². The highest BCUT2D eigenvalue weighted by atomic mass is 16.3. The van der Waals surface area contributed by atoms with Crippen LogP contribution in [-0.4, -0.2) is 36.8 Å². The molecule has 1 amide bonds. The highest BCUT2D eigenvalue weighted by Crippen LogP contribution is 2.03. The zero-order valence-electron chi connectivity index (χ0n) is 8.85. The van der Waals surface area contributed by atoms with Gasteiger partial charge in [0.1, 0.15) is 5.54 Å². The second-order valence-electron chi connectivity index (χ2n) is 3.84. The number of amides is 1. The number of hydrogen-bond donors (Lipinski definition) is 3. The Morgan fingerprint density at radius 2 is 2.08 bits per heavy atom. The van der Waals surface area contributed by atoms with E-state index in [1.165, 1.54) is 0 Å². The Morgan fingerprint density at radius 1 is 1.54 bits per heavy atom. The first-order valence-electron chi connectivity index (χ1n) is 4.54. The summed E-state index contributed by atoms with van der Waals surface area (Å²) < 4.78 is 0. The number of aliphatic hydroxyl groups is 1. The number of hydrogen-bond acceptors (Lipinski definition) is 3. The fraction of sp³-hybridized carbons (Fsp3) is 0.889. The Bertz CT molecular complexity index is 171. The molecule has 4 heteroatoms. The van der Waals surface area contributed by atoms with Crippen LogP contribution < -0.4 is 10.6 Å². The van der Waals surface area contributed by atoms with Gasteiger partial charge in [0, 0.05) is 7.05 Å². The maximum absolute atomic E-state index is 11.3. The molecule has 0 saturated carbocycles. The Kier molecular flexibility index (Phi) is 4.95. The molecular formula is C9H20N2O2. The molecule has 13 heavy (non-hydrogen) atoms. The van der Waals surface area contributed by atoms with Crippen molar-refractivity contribution in [2.45, 2.75) is 26.3 Å². The molecule has 0 saturated heterocycles. The number of carbonyl (C=O) groups excluding carboxylic acids is 1. The van der Waals surface area contributed by atoms with Crippen LogP contribution in [0.25, 0.3) is 0 Å². The van der Waals surface area contributed by atoms with Crippen LogP contribution in [0.1, 0.15) is 20.8 Å². The summed E-state index contributed by atoms with van der Waals surface area (Å²) in [5.41, 5.74) is -0.862. The summed E-state index contributed by atoms with van der Waals surface area (Å²) in [6.07, 6.45) is 0. The number of carbonyl (C=O) groups is 1. The van der Waals surface area contributed by atoms with E-state index < -0.39 is 5.54 Å². The highest BCUT2D eigenvalue weighted by Gasteiger charge is 2.30. The molecule has 0 aromatic carbocycles. The van der Waals surface area contributed by atoms with E-state index in [9.17, 15) is 4.79 Å². The van der Waals surface area contributed by atoms with Crippen LogP contribution in [0.2, 0.25) is 0 Å². The van der Waals surface area contributed by atoms with Crippen LogP contribution in [0, 0.1) is 5.92 Å². The van der Waals surface area contributed by atoms with Gasteiger partial charge in [-0.3, -0.25) is 4.79 Å². The molecule has 0 fully saturated rings. The Labute approximate surface area is 79.7 Å². The van der Waals surface area contributed by atoms with E-state index in [1.54, 1.807) is 14.0 Å². The lowest BCUT2D eigenvalue weighted by atomic mass is 10.0. The summed E-state index contributed by atoms with van der Waals surface area (Å²) in [7, 11) is 1.56. The van der Waals surface area contributed by atoms with E-state index in [0.717, 1.165) is 0 Å². The summed E-state index contributed by atoms with van der Waals surface area (Å²) in [5.74, 6) is 0.270. The minimum atomic E-state index is -0.862. The molecule has 1 unspecified atom stereocenters. The van der Waals surface area contributed by atoms with Crippen molar-refractivity contribution < 1.29 is 9.90 Å². The van der Waals surface area contributed by atoms with Gasteiger partial charge in [0.05, 0.1) is 6.61 Å². The normalized spacial score (nSPS) is 15.5. The average Bonchev–Trinajstić information content (AvgIpc) is 2.12. The molecule has 0 rings (SSSR count). The lowest BCUT2D eigenvalue weighted by Crippen LogP contribution is -2.57. The van der Waals surface area contributed by atoms with Gasteiger partial charge < -0.3 is 15.7 Å². The largest absolute Gasteiger partial charge is 0.394 e. The molecule has 0 heterocycles. The van der Waals surface area contributed by atoms with Crippen molar-refractivity contribution in [3.63, 3.8) is 0 Å². The third-order valence-electron chi connectivity index (χ3n) is 1.94. The van der Waals surface area contributed by atoms with Crippen LogP contribution in [-0.2, 0) is 4.79 Å². The van der Waals surface area contributed by atoms with Crippen LogP contribution in [0.15, 0.2) is 0 Å². The van der Waals surface area contributed by atoms with Crippen molar-refractivity contribution in [1.82, 2.24) is 10.6 Å². The summed E-state index contributed by atoms with van der Waals surface area (Å²) in [4.78, 5) is 11.3. The molecule has 0 radical (unpaired) electrons. The van der Waals surface area contributed by atoms with Crippen molar-refractivity contribution >= 4 is 5.91 Å². The average molecular weight is 188 g/mol. The molecule has 0 aromatic heterocycles. The van der Waals surface area contributed by atoms with Crippen molar-refractivity contribution in [3.8, 4) is 0 Å². The molecule has 1 atom stereocenters. The van der Waals surface area contributed by atoms with Crippen molar-refractivity contribution in [1.29, 1.82) is 0 Å². The standard InChI is InChI=1S/C9H20N2O2/c1-7(2)5-11-9(3,6-12)8(13)10-4/h7,11-12H,5-6H2,1-4H3,(H,10,13). The topological polar surface area (TPSA) is 61.4 Å². The third kappa shape index (κ3) is 3.74. The fourth-order valence-electron chi connectivity index (χ4n) is 0.913. The Morgan fingerprint density at radius 3 is 2.38 bits per heavy atom. The lowest BCUT2D eigenvalue weighted by molar-refractivity contribution is -0.128. The van der Waals surface area contributed by atoms with Gasteiger partial charge >= 0.3 is 0 Å². The summed E-state index contributed by atoms with van der Waals surface area (Å²) in [6, 6.07) is 0. The predicted octanol–water partition coefficient (Wildman–Crippen LogP) is -0.271. The smallest absolute Gasteiger partial charge is 0.242 e. The second kappa shape index (κ2) is 5.19. The van der Waals surface area contributed by atoms with Crippen molar-refractivity contribution in [2.75, 3.05) is 20.2 Å². The van der Waals surface area contributed by atoms with Gasteiger partial charge in [0.15, 0.2) is 0 Å². The molecule has 0 aliphatic rings. The lowest BCUT2D eigenvalue weighted by Gasteiger charge is -2.27. The van der Waals surface area contributed by atoms with Crippen LogP contribution >= 0.6 is 0 Å². The zero-order valence-corrected chi connectivity index (χ0v) is 8.85. The van der Waals surface area contributed by atoms with Crippen molar-refractivity contribution in [3.05, 3.63) is 0 Å². The van der Waals surface area contributed by atoms with Crippen molar-refractivity contribution in [2.24, 2.45) is 5.92 Å². The molecule has 78 valence electrons. The van der Waals surface area contributed by atoms with E-state index in [2.05, 4.69) is 24.5 Å². The van der Waals surface area contributed by atoms with E-state index in [-0.39, 0.29) is 12.5 Å². The van der Waals surface area contributed by atoms with Gasteiger partial charge in [0.2, 0.25) is 5.91 Å². The molecule has 4 nitrogen and oxygen atoms in total. The molecule has 3 N–H and O–H groups in total. The number of likely N-dealkylation sites (N-methyl/N-ethyl adjacent to an activating group) is 1. The van der Waals surface area contributed by atoms with Gasteiger partial charge in [0.25, 0.3) is 0 Å². The van der Waals surface area contributed by atoms with Gasteiger partial charge in [-0.1, -0.05) is 13.8 Å². The molecular weight excluding hydrogens is 168 g/mol. The molecule has 0 spiro atoms. The predicted molar refractivity (Wildman–Crippen MR) is 52.4 cm³/mol. The first-order chi connectivity index (χ1) is 5.96. The number of rotatable bonds is 5. The quantitative estimate of drug-likeness (QED) is 0.556. The summed E-state index contributed by atoms with van der Waals surface area (Å²) >= 11 is 0. The molecule has 0 aromatic rings. The number of nitrogens with one attached hydrogen (secondary N) is 2. The maximum Gasteiger partial charge on any atom is 0.242 e. The van der Waals surface area contributed by atoms with Crippen LogP contribution in [0.3, 0.4) is 0 Å². The fourth-order valence-corrected chi connectivity index (χ4v) is 0.913. The first kappa shape index (κ1) is 12.4. The molecule has 0 aliphatic carbocycles. The first-order valence-corrected chi connectivity index (χ1v) is 4.54. The maximum atomic E-state index is 11.3. The highest BCUT2D eigenvalue weighted by molar-refractivity contribution is 5.85. The monoisotopic (exact) mass is 188 g/mol. The van der Waals surface area contributed by atoms with E-state index >= 15 is 0 Å². The Hall–Kier alpha value is -0.610. The van der Waals surface area contributed by atoms with Gasteiger partial charge in [-0.15, -0.1) is 0 Å².